The van der Waals surface area contributed by atoms with Crippen LogP contribution in [0.2, 0.25) is 0 Å². The lowest BCUT2D eigenvalue weighted by Crippen LogP contribution is -2.30. The van der Waals surface area contributed by atoms with Crippen LogP contribution < -0.4 is 9.64 Å². The first-order valence-electron chi connectivity index (χ1n) is 11.2. The lowest BCUT2D eigenvalue weighted by molar-refractivity contribution is -0.116. The molecule has 6 nitrogen and oxygen atoms in total. The summed E-state index contributed by atoms with van der Waals surface area (Å²) in [6.45, 7) is 5.73. The fourth-order valence-corrected chi connectivity index (χ4v) is 5.17. The minimum Gasteiger partial charge on any atom is -0.496 e. The number of methoxy groups -OCH3 is 1. The summed E-state index contributed by atoms with van der Waals surface area (Å²) in [5.41, 5.74) is 4.75. The van der Waals surface area contributed by atoms with Gasteiger partial charge < -0.3 is 14.2 Å². The van der Waals surface area contributed by atoms with Gasteiger partial charge in [0.25, 0.3) is 0 Å². The molecule has 1 aliphatic heterocycles. The highest BCUT2D eigenvalue weighted by molar-refractivity contribution is 7.99. The summed E-state index contributed by atoms with van der Waals surface area (Å²) in [5.74, 6) is 2.41. The first-order chi connectivity index (χ1) is 15.6. The number of anilines is 1. The summed E-state index contributed by atoms with van der Waals surface area (Å²) in [6.07, 6.45) is 3.77. The van der Waals surface area contributed by atoms with Crippen molar-refractivity contribution in [2.24, 2.45) is 0 Å². The molecule has 4 rings (SSSR count). The van der Waals surface area contributed by atoms with Crippen molar-refractivity contribution in [2.75, 3.05) is 24.3 Å². The molecule has 0 saturated heterocycles. The Kier molecular flexibility index (Phi) is 7.15. The molecule has 0 spiro atoms. The second-order valence-electron chi connectivity index (χ2n) is 8.01. The zero-order valence-corrected chi connectivity index (χ0v) is 19.8. The van der Waals surface area contributed by atoms with Gasteiger partial charge in [-0.15, -0.1) is 10.2 Å². The molecule has 0 bridgehead atoms. The standard InChI is InChI=1S/C25H30N4O2S/c1-4-28-23(11-7-8-19-12-13-22(31-3)18(2)16-19)26-27-25(28)32-17-24(30)29-15-14-20-9-5-6-10-21(20)29/h5-6,9-10,12-13,16H,4,7-8,11,14-15,17H2,1-3H3. The summed E-state index contributed by atoms with van der Waals surface area (Å²) < 4.78 is 7.48. The number of nitrogens with zero attached hydrogens (tertiary/aromatic N) is 4. The SMILES string of the molecule is CCn1c(CCCc2ccc(OC)c(C)c2)nnc1SCC(=O)N1CCc2ccccc21. The Bertz CT molecular complexity index is 1100. The molecule has 0 aliphatic carbocycles. The number of carbonyl (C=O) groups excluding carboxylic acids is 1. The van der Waals surface area contributed by atoms with Crippen LogP contribution in [0, 0.1) is 6.92 Å². The predicted molar refractivity (Wildman–Crippen MR) is 129 cm³/mol. The van der Waals surface area contributed by atoms with Crippen LogP contribution in [0.4, 0.5) is 5.69 Å². The third-order valence-electron chi connectivity index (χ3n) is 5.95. The van der Waals surface area contributed by atoms with Gasteiger partial charge in [0.15, 0.2) is 5.16 Å². The highest BCUT2D eigenvalue weighted by Gasteiger charge is 2.24. The Balaban J connectivity index is 1.33. The second kappa shape index (κ2) is 10.2. The smallest absolute Gasteiger partial charge is 0.237 e. The Morgan fingerprint density at radius 1 is 1.16 bits per heavy atom. The Morgan fingerprint density at radius 3 is 2.78 bits per heavy atom. The zero-order valence-electron chi connectivity index (χ0n) is 19.0. The number of aromatic nitrogens is 3. The molecule has 7 heteroatoms. The number of amides is 1. The van der Waals surface area contributed by atoms with Gasteiger partial charge in [-0.25, -0.2) is 0 Å². The van der Waals surface area contributed by atoms with Crippen LogP contribution in [0.5, 0.6) is 5.75 Å². The summed E-state index contributed by atoms with van der Waals surface area (Å²) in [4.78, 5) is 14.7. The topological polar surface area (TPSA) is 60.2 Å². The molecular weight excluding hydrogens is 420 g/mol. The maximum absolute atomic E-state index is 12.8. The van der Waals surface area contributed by atoms with Crippen LogP contribution in [0.3, 0.4) is 0 Å². The van der Waals surface area contributed by atoms with E-state index in [1.807, 2.05) is 29.2 Å². The molecule has 0 fully saturated rings. The molecule has 0 N–H and O–H groups in total. The van der Waals surface area contributed by atoms with E-state index in [1.165, 1.54) is 22.9 Å². The van der Waals surface area contributed by atoms with Crippen molar-refractivity contribution in [1.29, 1.82) is 0 Å². The van der Waals surface area contributed by atoms with Gasteiger partial charge in [0.2, 0.25) is 5.91 Å². The van der Waals surface area contributed by atoms with Crippen LogP contribution in [0.1, 0.15) is 35.9 Å². The Labute approximate surface area is 194 Å². The van der Waals surface area contributed by atoms with Gasteiger partial charge in [-0.05, 0) is 61.9 Å². The van der Waals surface area contributed by atoms with Crippen molar-refractivity contribution >= 4 is 23.4 Å². The quantitative estimate of drug-likeness (QED) is 0.450. The highest BCUT2D eigenvalue weighted by Crippen LogP contribution is 2.29. The normalized spacial score (nSPS) is 12.8. The van der Waals surface area contributed by atoms with Crippen molar-refractivity contribution in [1.82, 2.24) is 14.8 Å². The van der Waals surface area contributed by atoms with E-state index in [4.69, 9.17) is 4.74 Å². The number of fused-ring (bicyclic) bond motifs is 1. The van der Waals surface area contributed by atoms with E-state index in [2.05, 4.69) is 46.8 Å². The number of aryl methyl sites for hydroxylation is 3. The molecule has 0 radical (unpaired) electrons. The molecular formula is C25H30N4O2S. The lowest BCUT2D eigenvalue weighted by atomic mass is 10.0. The van der Waals surface area contributed by atoms with Crippen LogP contribution in [-0.4, -0.2) is 40.1 Å². The largest absolute Gasteiger partial charge is 0.496 e. The summed E-state index contributed by atoms with van der Waals surface area (Å²) in [6, 6.07) is 14.5. The van der Waals surface area contributed by atoms with Gasteiger partial charge in [-0.3, -0.25) is 4.79 Å². The molecule has 0 atom stereocenters. The fourth-order valence-electron chi connectivity index (χ4n) is 4.28. The number of carbonyl (C=O) groups is 1. The number of benzene rings is 2. The Hall–Kier alpha value is -2.80. The molecule has 1 amide bonds. The molecule has 2 heterocycles. The van der Waals surface area contributed by atoms with Gasteiger partial charge in [0, 0.05) is 25.2 Å². The van der Waals surface area contributed by atoms with E-state index in [0.29, 0.717) is 5.75 Å². The van der Waals surface area contributed by atoms with E-state index in [9.17, 15) is 4.79 Å². The Morgan fingerprint density at radius 2 is 2.00 bits per heavy atom. The maximum atomic E-state index is 12.8. The van der Waals surface area contributed by atoms with Gasteiger partial charge in [0.1, 0.15) is 11.6 Å². The number of para-hydroxylation sites is 1. The summed E-state index contributed by atoms with van der Waals surface area (Å²) in [5, 5.41) is 9.63. The third kappa shape index (κ3) is 4.83. The molecule has 0 saturated carbocycles. The van der Waals surface area contributed by atoms with Crippen molar-refractivity contribution in [3.8, 4) is 5.75 Å². The van der Waals surface area contributed by atoms with E-state index in [0.717, 1.165) is 66.8 Å². The molecule has 3 aromatic rings. The number of hydrogen-bond donors (Lipinski definition) is 0. The van der Waals surface area contributed by atoms with Gasteiger partial charge in [-0.2, -0.15) is 0 Å². The van der Waals surface area contributed by atoms with E-state index >= 15 is 0 Å². The second-order valence-corrected chi connectivity index (χ2v) is 8.96. The molecule has 1 aromatic heterocycles. The molecule has 32 heavy (non-hydrogen) atoms. The first-order valence-corrected chi connectivity index (χ1v) is 12.2. The third-order valence-corrected chi connectivity index (χ3v) is 6.90. The maximum Gasteiger partial charge on any atom is 0.237 e. The fraction of sp³-hybridized carbons (Fsp3) is 0.400. The molecule has 2 aromatic carbocycles. The van der Waals surface area contributed by atoms with Gasteiger partial charge in [0.05, 0.1) is 12.9 Å². The predicted octanol–water partition coefficient (Wildman–Crippen LogP) is 4.47. The molecule has 1 aliphatic rings. The lowest BCUT2D eigenvalue weighted by Gasteiger charge is -2.17. The van der Waals surface area contributed by atoms with Crippen LogP contribution in [0.25, 0.3) is 0 Å². The van der Waals surface area contributed by atoms with Gasteiger partial charge >= 0.3 is 0 Å². The highest BCUT2D eigenvalue weighted by atomic mass is 32.2. The van der Waals surface area contributed by atoms with E-state index in [1.54, 1.807) is 7.11 Å². The average molecular weight is 451 g/mol. The van der Waals surface area contributed by atoms with Crippen LogP contribution in [-0.2, 0) is 30.6 Å². The van der Waals surface area contributed by atoms with E-state index < -0.39 is 0 Å². The van der Waals surface area contributed by atoms with Crippen molar-refractivity contribution in [3.63, 3.8) is 0 Å². The van der Waals surface area contributed by atoms with Crippen LogP contribution >= 0.6 is 11.8 Å². The van der Waals surface area contributed by atoms with Crippen molar-refractivity contribution < 1.29 is 9.53 Å². The number of thioether (sulfide) groups is 1. The van der Waals surface area contributed by atoms with Crippen molar-refractivity contribution in [2.45, 2.75) is 51.2 Å². The zero-order chi connectivity index (χ0) is 22.5. The minimum atomic E-state index is 0.127. The number of hydrogen-bond acceptors (Lipinski definition) is 5. The monoisotopic (exact) mass is 450 g/mol. The molecule has 168 valence electrons. The summed E-state index contributed by atoms with van der Waals surface area (Å²) >= 11 is 1.48. The average Bonchev–Trinajstić information content (AvgIpc) is 3.41. The number of rotatable bonds is 9. The molecule has 0 unspecified atom stereocenters. The van der Waals surface area contributed by atoms with Crippen molar-refractivity contribution in [3.05, 3.63) is 65.0 Å². The summed E-state index contributed by atoms with van der Waals surface area (Å²) in [7, 11) is 1.70. The first kappa shape index (κ1) is 22.4. The van der Waals surface area contributed by atoms with E-state index in [-0.39, 0.29) is 5.91 Å². The number of ether oxygens (including phenoxy) is 1. The minimum absolute atomic E-state index is 0.127. The van der Waals surface area contributed by atoms with Gasteiger partial charge in [-0.1, -0.05) is 42.1 Å². The van der Waals surface area contributed by atoms with Crippen LogP contribution in [0.15, 0.2) is 47.6 Å².